The molecule has 4 nitrogen and oxygen atoms in total. The van der Waals surface area contributed by atoms with Gasteiger partial charge >= 0.3 is 0 Å². The fourth-order valence-corrected chi connectivity index (χ4v) is 1.71. The van der Waals surface area contributed by atoms with Gasteiger partial charge in [0.2, 0.25) is 0 Å². The summed E-state index contributed by atoms with van der Waals surface area (Å²) in [5, 5.41) is 2.90. The molecule has 0 fully saturated rings. The second-order valence-electron chi connectivity index (χ2n) is 5.72. The molecule has 0 aliphatic heterocycles. The monoisotopic (exact) mass is 264 g/mol. The second kappa shape index (κ2) is 6.45. The van der Waals surface area contributed by atoms with Gasteiger partial charge in [-0.15, -0.1) is 0 Å². The summed E-state index contributed by atoms with van der Waals surface area (Å²) in [4.78, 5) is 12.2. The van der Waals surface area contributed by atoms with E-state index in [-0.39, 0.29) is 11.3 Å². The molecule has 1 amide bonds. The van der Waals surface area contributed by atoms with Gasteiger partial charge in [0.25, 0.3) is 5.91 Å². The lowest BCUT2D eigenvalue weighted by Crippen LogP contribution is -2.28. The van der Waals surface area contributed by atoms with Crippen LogP contribution >= 0.6 is 0 Å². The van der Waals surface area contributed by atoms with Crippen LogP contribution in [0.25, 0.3) is 0 Å². The van der Waals surface area contributed by atoms with Crippen molar-refractivity contribution in [2.45, 2.75) is 34.1 Å². The lowest BCUT2D eigenvalue weighted by molar-refractivity contribution is 0.0946. The van der Waals surface area contributed by atoms with Crippen LogP contribution in [0.5, 0.6) is 5.75 Å². The molecule has 3 N–H and O–H groups in total. The molecule has 4 heteroatoms. The van der Waals surface area contributed by atoms with Gasteiger partial charge < -0.3 is 15.8 Å². The van der Waals surface area contributed by atoms with Crippen LogP contribution in [0.4, 0.5) is 5.69 Å². The summed E-state index contributed by atoms with van der Waals surface area (Å²) in [5.74, 6) is 0.363. The van der Waals surface area contributed by atoms with Gasteiger partial charge in [0.15, 0.2) is 0 Å². The molecule has 1 aromatic rings. The van der Waals surface area contributed by atoms with Crippen LogP contribution in [-0.4, -0.2) is 19.1 Å². The SMILES string of the molecule is CCOc1cccc(N)c1C(=O)NCCC(C)(C)C. The number of nitrogens with one attached hydrogen (secondary N) is 1. The smallest absolute Gasteiger partial charge is 0.257 e. The zero-order valence-electron chi connectivity index (χ0n) is 12.2. The summed E-state index contributed by atoms with van der Waals surface area (Å²) in [6.45, 7) is 9.43. The van der Waals surface area contributed by atoms with Crippen molar-refractivity contribution in [3.8, 4) is 5.75 Å². The summed E-state index contributed by atoms with van der Waals surface area (Å²) in [5.41, 5.74) is 6.93. The number of hydrogen-bond acceptors (Lipinski definition) is 3. The standard InChI is InChI=1S/C15H24N2O2/c1-5-19-12-8-6-7-11(16)13(12)14(18)17-10-9-15(2,3)4/h6-8H,5,9-10,16H2,1-4H3,(H,17,18). The molecule has 0 saturated carbocycles. The topological polar surface area (TPSA) is 64.3 Å². The number of hydrogen-bond donors (Lipinski definition) is 2. The number of amides is 1. The normalized spacial score (nSPS) is 11.2. The maximum Gasteiger partial charge on any atom is 0.257 e. The molecule has 19 heavy (non-hydrogen) atoms. The minimum atomic E-state index is -0.175. The number of benzene rings is 1. The number of nitrogen functional groups attached to an aromatic ring is 1. The summed E-state index contributed by atoms with van der Waals surface area (Å²) >= 11 is 0. The van der Waals surface area contributed by atoms with Gasteiger partial charge in [0.05, 0.1) is 6.61 Å². The van der Waals surface area contributed by atoms with Crippen LogP contribution in [0.15, 0.2) is 18.2 Å². The highest BCUT2D eigenvalue weighted by Gasteiger charge is 2.17. The Morgan fingerprint density at radius 3 is 2.63 bits per heavy atom. The number of rotatable bonds is 5. The van der Waals surface area contributed by atoms with Gasteiger partial charge in [-0.1, -0.05) is 26.8 Å². The van der Waals surface area contributed by atoms with Gasteiger partial charge in [0.1, 0.15) is 11.3 Å². The van der Waals surface area contributed by atoms with Gasteiger partial charge in [0, 0.05) is 12.2 Å². The Hall–Kier alpha value is -1.71. The molecule has 0 aliphatic rings. The van der Waals surface area contributed by atoms with E-state index >= 15 is 0 Å². The maximum atomic E-state index is 12.2. The molecule has 1 rings (SSSR count). The van der Waals surface area contributed by atoms with E-state index < -0.39 is 0 Å². The van der Waals surface area contributed by atoms with Gasteiger partial charge in [-0.3, -0.25) is 4.79 Å². The molecule has 0 bridgehead atoms. The Kier molecular flexibility index (Phi) is 5.21. The predicted molar refractivity (Wildman–Crippen MR) is 78.4 cm³/mol. The first-order valence-electron chi connectivity index (χ1n) is 6.64. The third-order valence-electron chi connectivity index (χ3n) is 2.75. The first-order chi connectivity index (χ1) is 8.85. The van der Waals surface area contributed by atoms with Crippen LogP contribution in [0.2, 0.25) is 0 Å². The van der Waals surface area contributed by atoms with E-state index in [4.69, 9.17) is 10.5 Å². The van der Waals surface area contributed by atoms with Gasteiger partial charge in [-0.05, 0) is 30.9 Å². The Morgan fingerprint density at radius 1 is 1.37 bits per heavy atom. The van der Waals surface area contributed by atoms with E-state index in [9.17, 15) is 4.79 Å². The molecular formula is C15H24N2O2. The molecule has 0 saturated heterocycles. The Labute approximate surface area is 115 Å². The third-order valence-corrected chi connectivity index (χ3v) is 2.75. The summed E-state index contributed by atoms with van der Waals surface area (Å²) in [6, 6.07) is 5.26. The highest BCUT2D eigenvalue weighted by atomic mass is 16.5. The molecule has 0 heterocycles. The average Bonchev–Trinajstić information content (AvgIpc) is 2.27. The quantitative estimate of drug-likeness (QED) is 0.804. The molecule has 0 atom stereocenters. The van der Waals surface area contributed by atoms with Crippen LogP contribution < -0.4 is 15.8 Å². The zero-order valence-corrected chi connectivity index (χ0v) is 12.2. The molecule has 0 radical (unpaired) electrons. The molecule has 106 valence electrons. The molecule has 1 aromatic carbocycles. The van der Waals surface area contributed by atoms with E-state index in [0.29, 0.717) is 30.2 Å². The number of carbonyl (C=O) groups is 1. The second-order valence-corrected chi connectivity index (χ2v) is 5.72. The number of carbonyl (C=O) groups excluding carboxylic acids is 1. The van der Waals surface area contributed by atoms with Crippen LogP contribution in [-0.2, 0) is 0 Å². The molecular weight excluding hydrogens is 240 g/mol. The van der Waals surface area contributed by atoms with Crippen molar-refractivity contribution in [1.29, 1.82) is 0 Å². The first-order valence-corrected chi connectivity index (χ1v) is 6.64. The van der Waals surface area contributed by atoms with E-state index in [1.165, 1.54) is 0 Å². The fraction of sp³-hybridized carbons (Fsp3) is 0.533. The minimum absolute atomic E-state index is 0.175. The lowest BCUT2D eigenvalue weighted by atomic mass is 9.92. The molecule has 0 aromatic heterocycles. The highest BCUT2D eigenvalue weighted by molar-refractivity contribution is 6.01. The van der Waals surface area contributed by atoms with Crippen molar-refractivity contribution < 1.29 is 9.53 Å². The first kappa shape index (κ1) is 15.3. The number of nitrogens with two attached hydrogens (primary N) is 1. The van der Waals surface area contributed by atoms with E-state index in [2.05, 4.69) is 26.1 Å². The van der Waals surface area contributed by atoms with E-state index in [1.54, 1.807) is 18.2 Å². The lowest BCUT2D eigenvalue weighted by Gasteiger charge is -2.18. The third kappa shape index (κ3) is 4.81. The summed E-state index contributed by atoms with van der Waals surface area (Å²) in [6.07, 6.45) is 0.912. The van der Waals surface area contributed by atoms with Crippen molar-refractivity contribution in [1.82, 2.24) is 5.32 Å². The van der Waals surface area contributed by atoms with Gasteiger partial charge in [-0.2, -0.15) is 0 Å². The van der Waals surface area contributed by atoms with Crippen molar-refractivity contribution in [3.63, 3.8) is 0 Å². The highest BCUT2D eigenvalue weighted by Crippen LogP contribution is 2.24. The van der Waals surface area contributed by atoms with E-state index in [1.807, 2.05) is 6.92 Å². The average molecular weight is 264 g/mol. The van der Waals surface area contributed by atoms with Crippen LogP contribution in [0, 0.1) is 5.41 Å². The van der Waals surface area contributed by atoms with Crippen molar-refractivity contribution >= 4 is 11.6 Å². The Morgan fingerprint density at radius 2 is 2.05 bits per heavy atom. The summed E-state index contributed by atoms with van der Waals surface area (Å²) < 4.78 is 5.45. The van der Waals surface area contributed by atoms with E-state index in [0.717, 1.165) is 6.42 Å². The largest absolute Gasteiger partial charge is 0.493 e. The Bertz CT molecular complexity index is 436. The van der Waals surface area contributed by atoms with Crippen LogP contribution in [0.1, 0.15) is 44.5 Å². The molecule has 0 unspecified atom stereocenters. The van der Waals surface area contributed by atoms with Crippen LogP contribution in [0.3, 0.4) is 0 Å². The fourth-order valence-electron chi connectivity index (χ4n) is 1.71. The number of ether oxygens (including phenoxy) is 1. The van der Waals surface area contributed by atoms with Gasteiger partial charge in [-0.25, -0.2) is 0 Å². The zero-order chi connectivity index (χ0) is 14.5. The maximum absolute atomic E-state index is 12.2. The van der Waals surface area contributed by atoms with Crippen molar-refractivity contribution in [3.05, 3.63) is 23.8 Å². The number of anilines is 1. The Balaban J connectivity index is 2.76. The predicted octanol–water partition coefficient (Wildman–Crippen LogP) is 2.83. The van der Waals surface area contributed by atoms with Crippen molar-refractivity contribution in [2.24, 2.45) is 5.41 Å². The summed E-state index contributed by atoms with van der Waals surface area (Å²) in [7, 11) is 0. The minimum Gasteiger partial charge on any atom is -0.493 e. The van der Waals surface area contributed by atoms with Crippen molar-refractivity contribution in [2.75, 3.05) is 18.9 Å². The molecule has 0 spiro atoms. The molecule has 0 aliphatic carbocycles.